The topological polar surface area (TPSA) is 52.0 Å². The lowest BCUT2D eigenvalue weighted by Gasteiger charge is -2.23. The van der Waals surface area contributed by atoms with Crippen molar-refractivity contribution < 1.29 is 0 Å². The van der Waals surface area contributed by atoms with E-state index in [1.165, 1.54) is 19.4 Å². The maximum atomic E-state index is 8.81. The predicted molar refractivity (Wildman–Crippen MR) is 67.7 cm³/mol. The molecule has 4 nitrogen and oxygen atoms in total. The first-order valence-electron chi connectivity index (χ1n) is 6.17. The van der Waals surface area contributed by atoms with Gasteiger partial charge in [-0.05, 0) is 38.1 Å². The summed E-state index contributed by atoms with van der Waals surface area (Å²) in [6, 6.07) is 6.25. The molecule has 0 aromatic carbocycles. The quantitative estimate of drug-likeness (QED) is 0.857. The second-order valence-corrected chi connectivity index (χ2v) is 4.35. The van der Waals surface area contributed by atoms with Crippen LogP contribution in [-0.4, -0.2) is 35.6 Å². The van der Waals surface area contributed by atoms with E-state index in [0.717, 1.165) is 18.9 Å². The molecule has 1 aliphatic heterocycles. The third-order valence-electron chi connectivity index (χ3n) is 3.31. The zero-order valence-corrected chi connectivity index (χ0v) is 10.2. The molecule has 1 fully saturated rings. The summed E-state index contributed by atoms with van der Waals surface area (Å²) in [4.78, 5) is 6.71. The van der Waals surface area contributed by atoms with Gasteiger partial charge in [0.1, 0.15) is 5.82 Å². The molecule has 1 unspecified atom stereocenters. The van der Waals surface area contributed by atoms with Crippen molar-refractivity contribution in [1.29, 1.82) is 5.26 Å². The van der Waals surface area contributed by atoms with Crippen LogP contribution in [-0.2, 0) is 0 Å². The fraction of sp³-hybridized carbons (Fsp3) is 0.538. The zero-order chi connectivity index (χ0) is 12.1. The number of likely N-dealkylation sites (tertiary alicyclic amines) is 1. The number of nitrogens with zero attached hydrogens (tertiary/aromatic N) is 3. The van der Waals surface area contributed by atoms with Crippen molar-refractivity contribution in [2.45, 2.75) is 25.8 Å². The molecule has 0 amide bonds. The van der Waals surface area contributed by atoms with E-state index in [1.54, 1.807) is 18.3 Å². The van der Waals surface area contributed by atoms with Crippen LogP contribution in [0.3, 0.4) is 0 Å². The Morgan fingerprint density at radius 1 is 1.65 bits per heavy atom. The summed E-state index contributed by atoms with van der Waals surface area (Å²) in [7, 11) is 0. The number of aromatic nitrogens is 1. The highest BCUT2D eigenvalue weighted by molar-refractivity contribution is 5.42. The van der Waals surface area contributed by atoms with E-state index in [-0.39, 0.29) is 0 Å². The minimum atomic E-state index is 0.604. The van der Waals surface area contributed by atoms with E-state index in [0.29, 0.717) is 11.6 Å². The molecule has 0 saturated carbocycles. The average molecular weight is 230 g/mol. The van der Waals surface area contributed by atoms with Gasteiger partial charge in [-0.25, -0.2) is 4.98 Å². The van der Waals surface area contributed by atoms with Gasteiger partial charge in [0.25, 0.3) is 0 Å². The Morgan fingerprint density at radius 3 is 3.29 bits per heavy atom. The van der Waals surface area contributed by atoms with Gasteiger partial charge in [-0.3, -0.25) is 4.90 Å². The van der Waals surface area contributed by atoms with Gasteiger partial charge in [0.2, 0.25) is 0 Å². The van der Waals surface area contributed by atoms with Crippen molar-refractivity contribution in [3.05, 3.63) is 23.9 Å². The highest BCUT2D eigenvalue weighted by atomic mass is 15.2. The number of nitriles is 1. The third kappa shape index (κ3) is 2.95. The Labute approximate surface area is 102 Å². The van der Waals surface area contributed by atoms with E-state index in [2.05, 4.69) is 28.2 Å². The van der Waals surface area contributed by atoms with Crippen LogP contribution >= 0.6 is 0 Å². The molecule has 1 aromatic rings. The summed E-state index contributed by atoms with van der Waals surface area (Å²) < 4.78 is 0. The second kappa shape index (κ2) is 5.65. The van der Waals surface area contributed by atoms with Gasteiger partial charge in [0.05, 0.1) is 11.6 Å². The molecule has 2 heterocycles. The minimum Gasteiger partial charge on any atom is -0.368 e. The lowest BCUT2D eigenvalue weighted by Crippen LogP contribution is -2.34. The third-order valence-corrected chi connectivity index (χ3v) is 3.31. The summed E-state index contributed by atoms with van der Waals surface area (Å²) >= 11 is 0. The van der Waals surface area contributed by atoms with Gasteiger partial charge >= 0.3 is 0 Å². The number of hydrogen-bond acceptors (Lipinski definition) is 4. The summed E-state index contributed by atoms with van der Waals surface area (Å²) in [6.45, 7) is 5.43. The molecule has 2 rings (SSSR count). The molecule has 1 aliphatic rings. The van der Waals surface area contributed by atoms with Gasteiger partial charge in [0, 0.05) is 18.8 Å². The molecular formula is C13H18N4. The Balaban J connectivity index is 1.91. The first-order chi connectivity index (χ1) is 8.33. The van der Waals surface area contributed by atoms with E-state index in [1.807, 2.05) is 0 Å². The fourth-order valence-electron chi connectivity index (χ4n) is 2.36. The van der Waals surface area contributed by atoms with Crippen LogP contribution in [0, 0.1) is 11.3 Å². The first kappa shape index (κ1) is 11.9. The van der Waals surface area contributed by atoms with Crippen LogP contribution in [0.1, 0.15) is 25.3 Å². The summed E-state index contributed by atoms with van der Waals surface area (Å²) in [5.74, 6) is 0.798. The van der Waals surface area contributed by atoms with Crippen molar-refractivity contribution in [3.63, 3.8) is 0 Å². The van der Waals surface area contributed by atoms with Crippen LogP contribution in [0.15, 0.2) is 18.3 Å². The maximum absolute atomic E-state index is 8.81. The molecule has 0 aliphatic carbocycles. The Morgan fingerprint density at radius 2 is 2.53 bits per heavy atom. The smallest absolute Gasteiger partial charge is 0.127 e. The molecule has 0 radical (unpaired) electrons. The number of likely N-dealkylation sites (N-methyl/N-ethyl adjacent to an activating group) is 1. The zero-order valence-electron chi connectivity index (χ0n) is 10.2. The number of rotatable bonds is 4. The van der Waals surface area contributed by atoms with E-state index >= 15 is 0 Å². The Hall–Kier alpha value is -1.60. The number of nitrogens with one attached hydrogen (secondary N) is 1. The average Bonchev–Trinajstić information content (AvgIpc) is 2.84. The fourth-order valence-corrected chi connectivity index (χ4v) is 2.36. The van der Waals surface area contributed by atoms with Crippen molar-refractivity contribution in [1.82, 2.24) is 9.88 Å². The summed E-state index contributed by atoms with van der Waals surface area (Å²) in [6.07, 6.45) is 4.21. The monoisotopic (exact) mass is 230 g/mol. The highest BCUT2D eigenvalue weighted by Crippen LogP contribution is 2.17. The standard InChI is InChI=1S/C13H18N4/c1-2-17-7-3-4-12(17)10-16-13-8-11(9-14)5-6-15-13/h5-6,8,12H,2-4,7,10H2,1H3,(H,15,16). The van der Waals surface area contributed by atoms with Crippen molar-refractivity contribution in [2.24, 2.45) is 0 Å². The van der Waals surface area contributed by atoms with Gasteiger partial charge in [-0.15, -0.1) is 0 Å². The van der Waals surface area contributed by atoms with Crippen molar-refractivity contribution in [2.75, 3.05) is 25.0 Å². The molecule has 0 spiro atoms. The maximum Gasteiger partial charge on any atom is 0.127 e. The number of anilines is 1. The van der Waals surface area contributed by atoms with Crippen LogP contribution in [0.2, 0.25) is 0 Å². The van der Waals surface area contributed by atoms with E-state index in [9.17, 15) is 0 Å². The normalized spacial score (nSPS) is 20.1. The molecule has 90 valence electrons. The minimum absolute atomic E-state index is 0.604. The van der Waals surface area contributed by atoms with Gasteiger partial charge in [-0.2, -0.15) is 5.26 Å². The van der Waals surface area contributed by atoms with Crippen LogP contribution < -0.4 is 5.32 Å². The van der Waals surface area contributed by atoms with Gasteiger partial charge < -0.3 is 5.32 Å². The predicted octanol–water partition coefficient (Wildman–Crippen LogP) is 1.85. The van der Waals surface area contributed by atoms with Crippen LogP contribution in [0.5, 0.6) is 0 Å². The highest BCUT2D eigenvalue weighted by Gasteiger charge is 2.22. The molecule has 0 bridgehead atoms. The molecule has 1 saturated heterocycles. The van der Waals surface area contributed by atoms with E-state index in [4.69, 9.17) is 5.26 Å². The Kier molecular flexibility index (Phi) is 3.94. The number of hydrogen-bond donors (Lipinski definition) is 1. The van der Waals surface area contributed by atoms with E-state index < -0.39 is 0 Å². The molecule has 17 heavy (non-hydrogen) atoms. The second-order valence-electron chi connectivity index (χ2n) is 4.35. The molecule has 1 aromatic heterocycles. The largest absolute Gasteiger partial charge is 0.368 e. The summed E-state index contributed by atoms with van der Waals surface area (Å²) in [5.41, 5.74) is 0.654. The summed E-state index contributed by atoms with van der Waals surface area (Å²) in [5, 5.41) is 12.1. The SMILES string of the molecule is CCN1CCCC1CNc1cc(C#N)ccn1. The lowest BCUT2D eigenvalue weighted by molar-refractivity contribution is 0.277. The van der Waals surface area contributed by atoms with Crippen LogP contribution in [0.25, 0.3) is 0 Å². The molecule has 1 atom stereocenters. The molecule has 4 heteroatoms. The first-order valence-corrected chi connectivity index (χ1v) is 6.17. The number of pyridine rings is 1. The van der Waals surface area contributed by atoms with Crippen LogP contribution in [0.4, 0.5) is 5.82 Å². The van der Waals surface area contributed by atoms with Crippen molar-refractivity contribution in [3.8, 4) is 6.07 Å². The van der Waals surface area contributed by atoms with Gasteiger partial charge in [-0.1, -0.05) is 6.92 Å². The van der Waals surface area contributed by atoms with Crippen molar-refractivity contribution >= 4 is 5.82 Å². The molecule has 1 N–H and O–H groups in total. The Bertz CT molecular complexity index is 410. The van der Waals surface area contributed by atoms with Gasteiger partial charge in [0.15, 0.2) is 0 Å². The molecular weight excluding hydrogens is 212 g/mol. The lowest BCUT2D eigenvalue weighted by atomic mass is 10.2.